The van der Waals surface area contributed by atoms with Gasteiger partial charge < -0.3 is 25.4 Å². The Bertz CT molecular complexity index is 2190. The van der Waals surface area contributed by atoms with Crippen LogP contribution in [0, 0.1) is 54.1 Å². The van der Waals surface area contributed by atoms with Gasteiger partial charge >= 0.3 is 6.09 Å². The van der Waals surface area contributed by atoms with Crippen LogP contribution in [0.2, 0.25) is 0 Å². The third kappa shape index (κ3) is 60.6. The van der Waals surface area contributed by atoms with Crippen molar-refractivity contribution in [3.8, 4) is 0 Å². The predicted octanol–water partition coefficient (Wildman–Crippen LogP) is 23.3. The molecule has 578 valence electrons. The van der Waals surface area contributed by atoms with Crippen LogP contribution in [0.3, 0.4) is 0 Å². The molecule has 0 fully saturated rings. The van der Waals surface area contributed by atoms with Crippen LogP contribution in [0.15, 0.2) is 0 Å². The zero-order valence-corrected chi connectivity index (χ0v) is 72.9. The highest BCUT2D eigenvalue weighted by atomic mass is 32.2. The van der Waals surface area contributed by atoms with E-state index in [1.165, 1.54) is 51.9 Å². The van der Waals surface area contributed by atoms with Crippen molar-refractivity contribution in [1.82, 2.24) is 16.0 Å². The number of nitrogens with one attached hydrogen (secondary N) is 3. The van der Waals surface area contributed by atoms with E-state index in [9.17, 15) is 33.6 Å². The largest absolute Gasteiger partial charge is 0.444 e. The monoisotopic (exact) mass is 1390 g/mol. The van der Waals surface area contributed by atoms with Gasteiger partial charge in [0.05, 0.1) is 16.8 Å². The molecule has 0 aliphatic carbocycles. The molecular formula is C84H167N3O9S. The van der Waals surface area contributed by atoms with Crippen molar-refractivity contribution in [2.24, 2.45) is 54.1 Å². The third-order valence-electron chi connectivity index (χ3n) is 16.0. The number of ether oxygens (including phenoxy) is 2. The van der Waals surface area contributed by atoms with Gasteiger partial charge in [0.1, 0.15) is 17.0 Å². The number of amides is 2. The smallest absolute Gasteiger partial charge is 0.408 e. The molecule has 0 aromatic carbocycles. The lowest BCUT2D eigenvalue weighted by Crippen LogP contribution is -2.47. The molecule has 0 aromatic rings. The number of thioether (sulfide) groups is 1. The molecule has 12 nitrogen and oxygen atoms in total. The normalized spacial score (nSPS) is 13.9. The summed E-state index contributed by atoms with van der Waals surface area (Å²) in [6, 6.07) is -0.809. The summed E-state index contributed by atoms with van der Waals surface area (Å²) in [5.41, 5.74) is -1.44. The molecule has 0 spiro atoms. The molecule has 0 radical (unpaired) electrons. The Morgan fingerprint density at radius 3 is 1.01 bits per heavy atom. The quantitative estimate of drug-likeness (QED) is 0.0564. The number of carbonyl (C=O) groups is 7. The Hall–Kier alpha value is -2.64. The van der Waals surface area contributed by atoms with Gasteiger partial charge in [0, 0.05) is 51.6 Å². The Kier molecular flexibility index (Phi) is 46.2. The van der Waals surface area contributed by atoms with Gasteiger partial charge in [0.25, 0.3) is 0 Å². The number of alkyl carbamates (subject to hydrolysis) is 1. The van der Waals surface area contributed by atoms with Crippen molar-refractivity contribution in [3.63, 3.8) is 0 Å². The molecule has 0 aliphatic heterocycles. The first-order chi connectivity index (χ1) is 42.6. The first-order valence-electron chi connectivity index (χ1n) is 37.7. The van der Waals surface area contributed by atoms with E-state index in [1.54, 1.807) is 0 Å². The molecule has 0 saturated heterocycles. The van der Waals surface area contributed by atoms with Gasteiger partial charge in [-0.3, -0.25) is 28.8 Å². The summed E-state index contributed by atoms with van der Waals surface area (Å²) in [6.45, 7) is 83.4. The molecule has 0 saturated carbocycles. The second kappa shape index (κ2) is 43.5. The first-order valence-corrected chi connectivity index (χ1v) is 38.7. The number of hydrogen-bond acceptors (Lipinski definition) is 11. The van der Waals surface area contributed by atoms with Crippen molar-refractivity contribution >= 4 is 52.7 Å². The van der Waals surface area contributed by atoms with Crippen molar-refractivity contribution in [3.05, 3.63) is 0 Å². The number of hydrogen-bond donors (Lipinski definition) is 3. The number of unbranched alkanes of at least 4 members (excludes halogenated alkanes) is 6. The SMILES string of the molecule is CC(=O)NC(CCCCCC(C)(C)C)C(=O)C(C)(C)C.CC(C)(C)CCCCCC(NC(=O)OC(C)(C)C)C(=O)C(C)(C)C.CC(C)(C)CCCCOC(C)(C)C(=O)C(C)(C)C.CC(C)(C)CCCCSC(C)(C)C(=O)C(C)(C)C.CC(C)(C)NCCCC(C)(C)C(=O)C(C)(C)C. The van der Waals surface area contributed by atoms with Crippen LogP contribution in [0.5, 0.6) is 0 Å². The minimum atomic E-state index is -0.667. The van der Waals surface area contributed by atoms with Crippen LogP contribution in [0.1, 0.15) is 393 Å². The maximum absolute atomic E-state index is 12.6. The van der Waals surface area contributed by atoms with Gasteiger partial charge in [0.2, 0.25) is 5.91 Å². The van der Waals surface area contributed by atoms with Crippen LogP contribution in [0.25, 0.3) is 0 Å². The molecule has 0 aromatic heterocycles. The van der Waals surface area contributed by atoms with Crippen molar-refractivity contribution in [1.29, 1.82) is 0 Å². The molecule has 0 bridgehead atoms. The van der Waals surface area contributed by atoms with Crippen LogP contribution in [0.4, 0.5) is 4.79 Å². The van der Waals surface area contributed by atoms with E-state index in [2.05, 4.69) is 148 Å². The maximum Gasteiger partial charge on any atom is 0.408 e. The molecule has 2 amide bonds. The summed E-state index contributed by atoms with van der Waals surface area (Å²) in [7, 11) is 0. The fraction of sp³-hybridized carbons (Fsp3) is 0.917. The highest BCUT2D eigenvalue weighted by molar-refractivity contribution is 8.01. The molecule has 2 atom stereocenters. The summed E-state index contributed by atoms with van der Waals surface area (Å²) < 4.78 is 10.8. The summed E-state index contributed by atoms with van der Waals surface area (Å²) in [5, 5.41) is 9.04. The zero-order chi connectivity index (χ0) is 78.3. The zero-order valence-electron chi connectivity index (χ0n) is 72.1. The Morgan fingerprint density at radius 2 is 0.701 bits per heavy atom. The standard InChI is InChI=1S/C20H39NO3.C17H33NO2.C16H32O2.C16H32OS.C15H31NO/c1-18(2,3)14-12-10-11-13-15(16(22)19(4,5)6)21-17(23)24-20(7,8)9;1-13(19)18-14(15(20)17(5,6)7)11-9-8-10-12-16(2,3)4;2*1-14(2,3)11-9-10-12-18-16(7,8)13(17)15(4,5)6;1-13(2,3)12(17)15(7,8)10-9-11-16-14(4,5)6/h15H,10-14H2,1-9H3,(H,21,23);14H,8-12H2,1-7H3,(H,18,19);2*9-12H2,1-8H3;16H,9-11H2,1-8H3. The van der Waals surface area contributed by atoms with Gasteiger partial charge in [0.15, 0.2) is 23.1 Å². The molecular weight excluding hydrogens is 1230 g/mol. The lowest BCUT2D eigenvalue weighted by Gasteiger charge is -2.31. The average molecular weight is 1400 g/mol. The van der Waals surface area contributed by atoms with Crippen LogP contribution >= 0.6 is 11.8 Å². The van der Waals surface area contributed by atoms with Gasteiger partial charge in [-0.1, -0.05) is 252 Å². The Morgan fingerprint density at radius 1 is 0.361 bits per heavy atom. The van der Waals surface area contributed by atoms with Crippen LogP contribution in [-0.2, 0) is 38.2 Å². The third-order valence-corrected chi connectivity index (χ3v) is 17.4. The second-order valence-corrected chi connectivity index (χ2v) is 43.4. The summed E-state index contributed by atoms with van der Waals surface area (Å²) in [5.74, 6) is 2.04. The lowest BCUT2D eigenvalue weighted by molar-refractivity contribution is -0.148. The van der Waals surface area contributed by atoms with E-state index in [0.29, 0.717) is 46.3 Å². The highest BCUT2D eigenvalue weighted by Crippen LogP contribution is 2.36. The van der Waals surface area contributed by atoms with Crippen molar-refractivity contribution in [2.75, 3.05) is 18.9 Å². The van der Waals surface area contributed by atoms with Gasteiger partial charge in [-0.25, -0.2) is 4.79 Å². The summed E-state index contributed by atoms with van der Waals surface area (Å²) in [6.07, 6.45) is 18.8. The molecule has 2 unspecified atom stereocenters. The van der Waals surface area contributed by atoms with E-state index in [-0.39, 0.29) is 61.2 Å². The summed E-state index contributed by atoms with van der Waals surface area (Å²) >= 11 is 1.81. The minimum absolute atomic E-state index is 0.0594. The lowest BCUT2D eigenvalue weighted by atomic mass is 9.72. The minimum Gasteiger partial charge on any atom is -0.444 e. The van der Waals surface area contributed by atoms with E-state index in [4.69, 9.17) is 9.47 Å². The van der Waals surface area contributed by atoms with Gasteiger partial charge in [-0.2, -0.15) is 0 Å². The molecule has 0 aliphatic rings. The van der Waals surface area contributed by atoms with Gasteiger partial charge in [-0.05, 0) is 167 Å². The predicted molar refractivity (Wildman–Crippen MR) is 422 cm³/mol. The van der Waals surface area contributed by atoms with E-state index < -0.39 is 34.2 Å². The molecule has 13 heteroatoms. The van der Waals surface area contributed by atoms with E-state index in [1.807, 2.05) is 150 Å². The van der Waals surface area contributed by atoms with E-state index >= 15 is 0 Å². The Balaban J connectivity index is -0.000000366. The maximum atomic E-state index is 12.6. The highest BCUT2D eigenvalue weighted by Gasteiger charge is 2.39. The number of ketones is 5. The fourth-order valence-electron chi connectivity index (χ4n) is 10.9. The van der Waals surface area contributed by atoms with Crippen LogP contribution in [-0.4, -0.2) is 93.4 Å². The average Bonchev–Trinajstić information content (AvgIpc) is 0.860. The Labute approximate surface area is 607 Å². The fourth-order valence-corrected chi connectivity index (χ4v) is 12.2. The topological polar surface area (TPSA) is 174 Å². The van der Waals surface area contributed by atoms with Gasteiger partial charge in [-0.15, -0.1) is 11.8 Å². The molecule has 3 N–H and O–H groups in total. The number of rotatable bonds is 31. The second-order valence-electron chi connectivity index (χ2n) is 41.7. The first kappa shape index (κ1) is 103. The van der Waals surface area contributed by atoms with E-state index in [0.717, 1.165) is 76.5 Å². The molecule has 0 rings (SSSR count). The van der Waals surface area contributed by atoms with Crippen molar-refractivity contribution < 1.29 is 43.0 Å². The molecule has 0 heterocycles. The summed E-state index contributed by atoms with van der Waals surface area (Å²) in [4.78, 5) is 84.9. The van der Waals surface area contributed by atoms with Crippen molar-refractivity contribution in [2.45, 2.75) is 426 Å². The van der Waals surface area contributed by atoms with Crippen LogP contribution < -0.4 is 16.0 Å². The number of Topliss-reactive ketones (excluding diaryl/α,β-unsaturated/α-hetero) is 5. The number of carbonyl (C=O) groups excluding carboxylic acids is 7. The molecule has 97 heavy (non-hydrogen) atoms.